The van der Waals surface area contributed by atoms with Crippen molar-refractivity contribution in [1.29, 1.82) is 0 Å². The molecule has 1 atom stereocenters. The van der Waals surface area contributed by atoms with Crippen LogP contribution < -0.4 is 5.32 Å². The van der Waals surface area contributed by atoms with Gasteiger partial charge in [-0.25, -0.2) is 4.79 Å². The number of aryl methyl sites for hydroxylation is 2. The molecule has 1 aliphatic heterocycles. The summed E-state index contributed by atoms with van der Waals surface area (Å²) >= 11 is 0. The summed E-state index contributed by atoms with van der Waals surface area (Å²) in [5.74, 6) is 1.50. The third-order valence-electron chi connectivity index (χ3n) is 5.35. The van der Waals surface area contributed by atoms with Crippen molar-refractivity contribution in [3.05, 3.63) is 17.0 Å². The molecule has 1 aromatic heterocycles. The van der Waals surface area contributed by atoms with E-state index >= 15 is 0 Å². The van der Waals surface area contributed by atoms with Gasteiger partial charge >= 0.3 is 6.03 Å². The number of carbonyl (C=O) groups is 1. The van der Waals surface area contributed by atoms with Gasteiger partial charge in [-0.1, -0.05) is 24.4 Å². The summed E-state index contributed by atoms with van der Waals surface area (Å²) in [5.41, 5.74) is 1.87. The SMILES string of the molecule is Cc1noc(C)c1CNC(=O)N1CCC[C@@H]1C1CCCCC1. The summed E-state index contributed by atoms with van der Waals surface area (Å²) in [6, 6.07) is 0.526. The van der Waals surface area contributed by atoms with Gasteiger partial charge in [0.2, 0.25) is 0 Å². The summed E-state index contributed by atoms with van der Waals surface area (Å²) in [5, 5.41) is 7.00. The molecule has 5 nitrogen and oxygen atoms in total. The van der Waals surface area contributed by atoms with Crippen LogP contribution in [0.3, 0.4) is 0 Å². The van der Waals surface area contributed by atoms with E-state index in [0.717, 1.165) is 30.0 Å². The zero-order valence-electron chi connectivity index (χ0n) is 13.7. The second-order valence-corrected chi connectivity index (χ2v) is 6.76. The molecule has 1 aromatic rings. The average molecular weight is 305 g/mol. The summed E-state index contributed by atoms with van der Waals surface area (Å²) < 4.78 is 5.15. The molecule has 0 aromatic carbocycles. The van der Waals surface area contributed by atoms with E-state index < -0.39 is 0 Å². The molecule has 1 saturated carbocycles. The Hall–Kier alpha value is -1.52. The molecule has 1 N–H and O–H groups in total. The Bertz CT molecular complexity index is 500. The fraction of sp³-hybridized carbons (Fsp3) is 0.765. The largest absolute Gasteiger partial charge is 0.361 e. The van der Waals surface area contributed by atoms with E-state index in [1.165, 1.54) is 38.5 Å². The summed E-state index contributed by atoms with van der Waals surface area (Å²) in [4.78, 5) is 14.7. The number of hydrogen-bond donors (Lipinski definition) is 1. The normalized spacial score (nSPS) is 23.0. The van der Waals surface area contributed by atoms with Crippen LogP contribution in [0.5, 0.6) is 0 Å². The molecule has 3 rings (SSSR count). The molecule has 2 heterocycles. The van der Waals surface area contributed by atoms with Gasteiger partial charge in [-0.2, -0.15) is 0 Å². The molecule has 22 heavy (non-hydrogen) atoms. The highest BCUT2D eigenvalue weighted by molar-refractivity contribution is 5.75. The Labute approximate surface area is 132 Å². The van der Waals surface area contributed by atoms with E-state index in [-0.39, 0.29) is 6.03 Å². The van der Waals surface area contributed by atoms with Gasteiger partial charge in [-0.05, 0) is 45.4 Å². The van der Waals surface area contributed by atoms with Gasteiger partial charge in [0.25, 0.3) is 0 Å². The maximum absolute atomic E-state index is 12.6. The molecule has 5 heteroatoms. The molecule has 0 spiro atoms. The van der Waals surface area contributed by atoms with E-state index in [1.54, 1.807) is 0 Å². The lowest BCUT2D eigenvalue weighted by atomic mass is 9.83. The van der Waals surface area contributed by atoms with E-state index in [2.05, 4.69) is 15.4 Å². The monoisotopic (exact) mass is 305 g/mol. The van der Waals surface area contributed by atoms with Crippen LogP contribution >= 0.6 is 0 Å². The van der Waals surface area contributed by atoms with Gasteiger partial charge < -0.3 is 14.7 Å². The topological polar surface area (TPSA) is 58.4 Å². The molecule has 2 amide bonds. The maximum atomic E-state index is 12.6. The zero-order valence-corrected chi connectivity index (χ0v) is 13.7. The third-order valence-corrected chi connectivity index (χ3v) is 5.35. The first-order valence-corrected chi connectivity index (χ1v) is 8.63. The minimum atomic E-state index is 0.0769. The van der Waals surface area contributed by atoms with E-state index in [9.17, 15) is 4.79 Å². The third kappa shape index (κ3) is 3.13. The van der Waals surface area contributed by atoms with Crippen LogP contribution in [0.2, 0.25) is 0 Å². The lowest BCUT2D eigenvalue weighted by molar-refractivity contribution is 0.156. The Kier molecular flexibility index (Phi) is 4.69. The standard InChI is InChI=1S/C17H27N3O2/c1-12-15(13(2)22-19-12)11-18-17(21)20-10-6-9-16(20)14-7-4-3-5-8-14/h14,16H,3-11H2,1-2H3,(H,18,21)/t16-/m1/s1. The van der Waals surface area contributed by atoms with Crippen LogP contribution in [0, 0.1) is 19.8 Å². The number of nitrogens with one attached hydrogen (secondary N) is 1. The van der Waals surface area contributed by atoms with Crippen molar-refractivity contribution in [3.8, 4) is 0 Å². The van der Waals surface area contributed by atoms with Gasteiger partial charge in [0.05, 0.1) is 5.69 Å². The van der Waals surface area contributed by atoms with Crippen LogP contribution in [-0.4, -0.2) is 28.7 Å². The highest BCUT2D eigenvalue weighted by atomic mass is 16.5. The van der Waals surface area contributed by atoms with E-state index in [0.29, 0.717) is 18.5 Å². The number of amides is 2. The fourth-order valence-electron chi connectivity index (χ4n) is 4.07. The van der Waals surface area contributed by atoms with Crippen LogP contribution in [-0.2, 0) is 6.54 Å². The van der Waals surface area contributed by atoms with Crippen molar-refractivity contribution >= 4 is 6.03 Å². The molecule has 1 saturated heterocycles. The quantitative estimate of drug-likeness (QED) is 0.929. The van der Waals surface area contributed by atoms with Crippen LogP contribution in [0.4, 0.5) is 4.79 Å². The smallest absolute Gasteiger partial charge is 0.317 e. The fourth-order valence-corrected chi connectivity index (χ4v) is 4.07. The summed E-state index contributed by atoms with van der Waals surface area (Å²) in [6.45, 7) is 5.21. The van der Waals surface area contributed by atoms with Crippen molar-refractivity contribution in [2.24, 2.45) is 5.92 Å². The second-order valence-electron chi connectivity index (χ2n) is 6.76. The van der Waals surface area contributed by atoms with Gasteiger partial charge in [0.15, 0.2) is 0 Å². The number of nitrogens with zero attached hydrogens (tertiary/aromatic N) is 2. The Morgan fingerprint density at radius 3 is 2.68 bits per heavy atom. The first kappa shape index (κ1) is 15.4. The summed E-state index contributed by atoms with van der Waals surface area (Å²) in [7, 11) is 0. The summed E-state index contributed by atoms with van der Waals surface area (Å²) in [6.07, 6.45) is 8.91. The Morgan fingerprint density at radius 1 is 1.23 bits per heavy atom. The number of likely N-dealkylation sites (tertiary alicyclic amines) is 1. The highest BCUT2D eigenvalue weighted by Crippen LogP contribution is 2.34. The molecule has 1 aliphatic carbocycles. The van der Waals surface area contributed by atoms with E-state index in [4.69, 9.17) is 4.52 Å². The van der Waals surface area contributed by atoms with Gasteiger partial charge in [0.1, 0.15) is 5.76 Å². The zero-order chi connectivity index (χ0) is 15.5. The van der Waals surface area contributed by atoms with Crippen LogP contribution in [0.1, 0.15) is 62.0 Å². The van der Waals surface area contributed by atoms with Crippen molar-refractivity contribution < 1.29 is 9.32 Å². The maximum Gasteiger partial charge on any atom is 0.317 e. The number of carbonyl (C=O) groups excluding carboxylic acids is 1. The predicted molar refractivity (Wildman–Crippen MR) is 84.5 cm³/mol. The molecular weight excluding hydrogens is 278 g/mol. The van der Waals surface area contributed by atoms with Crippen LogP contribution in [0.25, 0.3) is 0 Å². The number of hydrogen-bond acceptors (Lipinski definition) is 3. The Balaban J connectivity index is 1.59. The van der Waals surface area contributed by atoms with Crippen molar-refractivity contribution in [3.63, 3.8) is 0 Å². The predicted octanol–water partition coefficient (Wildman–Crippen LogP) is 3.55. The Morgan fingerprint density at radius 2 is 2.00 bits per heavy atom. The lowest BCUT2D eigenvalue weighted by Crippen LogP contribution is -2.45. The van der Waals surface area contributed by atoms with Gasteiger partial charge in [-0.3, -0.25) is 0 Å². The first-order chi connectivity index (χ1) is 10.7. The lowest BCUT2D eigenvalue weighted by Gasteiger charge is -2.34. The minimum Gasteiger partial charge on any atom is -0.361 e. The second kappa shape index (κ2) is 6.71. The van der Waals surface area contributed by atoms with Gasteiger partial charge in [-0.15, -0.1) is 0 Å². The van der Waals surface area contributed by atoms with E-state index in [1.807, 2.05) is 13.8 Å². The first-order valence-electron chi connectivity index (χ1n) is 8.63. The molecule has 122 valence electrons. The van der Waals surface area contributed by atoms with Crippen LogP contribution in [0.15, 0.2) is 4.52 Å². The molecule has 2 aliphatic rings. The number of urea groups is 1. The number of rotatable bonds is 3. The minimum absolute atomic E-state index is 0.0769. The molecule has 0 unspecified atom stereocenters. The number of aromatic nitrogens is 1. The molecule has 0 radical (unpaired) electrons. The molecular formula is C17H27N3O2. The van der Waals surface area contributed by atoms with Crippen molar-refractivity contribution in [2.75, 3.05) is 6.54 Å². The average Bonchev–Trinajstić information content (AvgIpc) is 3.14. The highest BCUT2D eigenvalue weighted by Gasteiger charge is 2.35. The molecule has 0 bridgehead atoms. The molecule has 2 fully saturated rings. The van der Waals surface area contributed by atoms with Gasteiger partial charge in [0, 0.05) is 24.7 Å². The van der Waals surface area contributed by atoms with Crippen molar-refractivity contribution in [1.82, 2.24) is 15.4 Å². The van der Waals surface area contributed by atoms with Crippen molar-refractivity contribution in [2.45, 2.75) is 71.4 Å².